The largest absolute Gasteiger partial charge is 0.382 e. The predicted octanol–water partition coefficient (Wildman–Crippen LogP) is 2.23. The summed E-state index contributed by atoms with van der Waals surface area (Å²) in [5.41, 5.74) is 0.492. The molecular weight excluding hydrogens is 245 g/mol. The molecule has 0 amide bonds. The number of benzene rings is 1. The lowest BCUT2D eigenvalue weighted by atomic mass is 10.2. The minimum Gasteiger partial charge on any atom is -0.382 e. The molecule has 0 saturated heterocycles. The minimum atomic E-state index is -0.287. The van der Waals surface area contributed by atoms with Gasteiger partial charge in [0.2, 0.25) is 0 Å². The molecule has 0 aliphatic heterocycles. The Morgan fingerprint density at radius 3 is 2.82 bits per heavy atom. The number of ether oxygens (including phenoxy) is 2. The van der Waals surface area contributed by atoms with E-state index in [2.05, 4.69) is 5.32 Å². The molecule has 0 spiro atoms. The Morgan fingerprint density at radius 1 is 1.29 bits per heavy atom. The van der Waals surface area contributed by atoms with Crippen molar-refractivity contribution in [3.63, 3.8) is 0 Å². The second-order valence-corrected chi connectivity index (χ2v) is 3.89. The molecule has 0 aliphatic rings. The highest BCUT2D eigenvalue weighted by Gasteiger charge is 2.05. The molecule has 0 heterocycles. The Hall–Kier alpha value is -0.680. The number of rotatable bonds is 8. The fourth-order valence-corrected chi connectivity index (χ4v) is 1.53. The average molecular weight is 262 g/mol. The zero-order valence-electron chi connectivity index (χ0n) is 9.84. The van der Waals surface area contributed by atoms with Crippen LogP contribution in [0.25, 0.3) is 0 Å². The van der Waals surface area contributed by atoms with Crippen molar-refractivity contribution in [2.45, 2.75) is 6.54 Å². The summed E-state index contributed by atoms with van der Waals surface area (Å²) in [4.78, 5) is 0. The molecule has 0 saturated carbocycles. The zero-order chi connectivity index (χ0) is 12.5. The van der Waals surface area contributed by atoms with E-state index in [9.17, 15) is 4.39 Å². The maximum Gasteiger partial charge on any atom is 0.129 e. The molecule has 0 bridgehead atoms. The number of methoxy groups -OCH3 is 1. The molecule has 17 heavy (non-hydrogen) atoms. The second kappa shape index (κ2) is 8.42. The zero-order valence-corrected chi connectivity index (χ0v) is 10.6. The molecule has 1 aromatic rings. The van der Waals surface area contributed by atoms with Crippen molar-refractivity contribution in [2.24, 2.45) is 0 Å². The quantitative estimate of drug-likeness (QED) is 0.728. The van der Waals surface area contributed by atoms with Gasteiger partial charge in [-0.3, -0.25) is 0 Å². The second-order valence-electron chi connectivity index (χ2n) is 3.48. The molecule has 0 radical (unpaired) electrons. The van der Waals surface area contributed by atoms with Gasteiger partial charge in [0.1, 0.15) is 5.82 Å². The molecule has 0 aromatic heterocycles. The van der Waals surface area contributed by atoms with Crippen LogP contribution in [0.3, 0.4) is 0 Å². The van der Waals surface area contributed by atoms with E-state index in [4.69, 9.17) is 21.1 Å². The topological polar surface area (TPSA) is 30.5 Å². The first kappa shape index (κ1) is 14.4. The van der Waals surface area contributed by atoms with Crippen molar-refractivity contribution < 1.29 is 13.9 Å². The predicted molar refractivity (Wildman–Crippen MR) is 65.8 cm³/mol. The number of hydrogen-bond acceptors (Lipinski definition) is 3. The van der Waals surface area contributed by atoms with Gasteiger partial charge in [-0.25, -0.2) is 4.39 Å². The summed E-state index contributed by atoms with van der Waals surface area (Å²) < 4.78 is 23.4. The van der Waals surface area contributed by atoms with Crippen LogP contribution in [0.4, 0.5) is 4.39 Å². The highest BCUT2D eigenvalue weighted by atomic mass is 35.5. The molecule has 3 nitrogen and oxygen atoms in total. The van der Waals surface area contributed by atoms with E-state index >= 15 is 0 Å². The molecule has 5 heteroatoms. The SMILES string of the molecule is COCCOCCNCc1c(F)cccc1Cl. The molecule has 96 valence electrons. The highest BCUT2D eigenvalue weighted by Crippen LogP contribution is 2.18. The van der Waals surface area contributed by atoms with E-state index in [1.165, 1.54) is 6.07 Å². The first-order valence-corrected chi connectivity index (χ1v) is 5.83. The number of nitrogens with one attached hydrogen (secondary N) is 1. The van der Waals surface area contributed by atoms with Crippen molar-refractivity contribution in [1.82, 2.24) is 5.32 Å². The Kier molecular flexibility index (Phi) is 7.12. The van der Waals surface area contributed by atoms with Crippen LogP contribution in [0.5, 0.6) is 0 Å². The van der Waals surface area contributed by atoms with Gasteiger partial charge in [-0.15, -0.1) is 0 Å². The lowest BCUT2D eigenvalue weighted by Crippen LogP contribution is -2.21. The highest BCUT2D eigenvalue weighted by molar-refractivity contribution is 6.31. The molecule has 0 fully saturated rings. The molecule has 0 atom stereocenters. The van der Waals surface area contributed by atoms with Gasteiger partial charge < -0.3 is 14.8 Å². The van der Waals surface area contributed by atoms with Gasteiger partial charge in [0.25, 0.3) is 0 Å². The van der Waals surface area contributed by atoms with E-state index in [0.717, 1.165) is 0 Å². The summed E-state index contributed by atoms with van der Waals surface area (Å²) >= 11 is 5.88. The number of hydrogen-bond donors (Lipinski definition) is 1. The third-order valence-corrected chi connectivity index (χ3v) is 2.57. The minimum absolute atomic E-state index is 0.287. The molecule has 1 aromatic carbocycles. The lowest BCUT2D eigenvalue weighted by Gasteiger charge is -2.08. The Balaban J connectivity index is 2.18. The van der Waals surface area contributed by atoms with E-state index in [1.807, 2.05) is 0 Å². The monoisotopic (exact) mass is 261 g/mol. The first-order valence-electron chi connectivity index (χ1n) is 5.46. The summed E-state index contributed by atoms with van der Waals surface area (Å²) in [6, 6.07) is 4.67. The molecule has 1 rings (SSSR count). The maximum absolute atomic E-state index is 13.4. The van der Waals surface area contributed by atoms with E-state index in [1.54, 1.807) is 19.2 Å². The average Bonchev–Trinajstić information content (AvgIpc) is 2.31. The standard InChI is InChI=1S/C12H17ClFNO2/c1-16-7-8-17-6-5-15-9-10-11(13)3-2-4-12(10)14/h2-4,15H,5-9H2,1H3. The van der Waals surface area contributed by atoms with Gasteiger partial charge in [-0.05, 0) is 12.1 Å². The Labute approximate surface area is 106 Å². The number of halogens is 2. The van der Waals surface area contributed by atoms with Crippen molar-refractivity contribution in [2.75, 3.05) is 33.5 Å². The van der Waals surface area contributed by atoms with Crippen LogP contribution in [-0.4, -0.2) is 33.5 Å². The van der Waals surface area contributed by atoms with Gasteiger partial charge in [0, 0.05) is 30.8 Å². The fourth-order valence-electron chi connectivity index (χ4n) is 1.30. The molecule has 0 aliphatic carbocycles. The lowest BCUT2D eigenvalue weighted by molar-refractivity contribution is 0.0719. The van der Waals surface area contributed by atoms with Crippen molar-refractivity contribution in [3.8, 4) is 0 Å². The van der Waals surface area contributed by atoms with Crippen LogP contribution in [0.2, 0.25) is 5.02 Å². The smallest absolute Gasteiger partial charge is 0.129 e. The van der Waals surface area contributed by atoms with Crippen LogP contribution in [0.15, 0.2) is 18.2 Å². The van der Waals surface area contributed by atoms with Crippen LogP contribution in [-0.2, 0) is 16.0 Å². The van der Waals surface area contributed by atoms with Gasteiger partial charge in [-0.1, -0.05) is 17.7 Å². The van der Waals surface area contributed by atoms with Crippen LogP contribution >= 0.6 is 11.6 Å². The fraction of sp³-hybridized carbons (Fsp3) is 0.500. The van der Waals surface area contributed by atoms with Gasteiger partial charge in [0.15, 0.2) is 0 Å². The van der Waals surface area contributed by atoms with Crippen LogP contribution in [0.1, 0.15) is 5.56 Å². The van der Waals surface area contributed by atoms with E-state index < -0.39 is 0 Å². The van der Waals surface area contributed by atoms with Crippen LogP contribution < -0.4 is 5.32 Å². The normalized spacial score (nSPS) is 10.8. The van der Waals surface area contributed by atoms with E-state index in [-0.39, 0.29) is 5.82 Å². The summed E-state index contributed by atoms with van der Waals surface area (Å²) in [5, 5.41) is 3.51. The third-order valence-electron chi connectivity index (χ3n) is 2.22. The maximum atomic E-state index is 13.4. The van der Waals surface area contributed by atoms with E-state index in [0.29, 0.717) is 43.5 Å². The Morgan fingerprint density at radius 2 is 2.12 bits per heavy atom. The van der Waals surface area contributed by atoms with Gasteiger partial charge in [0.05, 0.1) is 19.8 Å². The summed E-state index contributed by atoms with van der Waals surface area (Å²) in [5.74, 6) is -0.287. The first-order chi connectivity index (χ1) is 8.25. The van der Waals surface area contributed by atoms with Gasteiger partial charge >= 0.3 is 0 Å². The molecular formula is C12H17ClFNO2. The molecule has 1 N–H and O–H groups in total. The molecule has 0 unspecified atom stereocenters. The van der Waals surface area contributed by atoms with Crippen LogP contribution in [0, 0.1) is 5.82 Å². The van der Waals surface area contributed by atoms with Crippen molar-refractivity contribution >= 4 is 11.6 Å². The summed E-state index contributed by atoms with van der Waals surface area (Å²) in [7, 11) is 1.63. The summed E-state index contributed by atoms with van der Waals surface area (Å²) in [6.45, 7) is 2.76. The third kappa shape index (κ3) is 5.46. The van der Waals surface area contributed by atoms with Crippen molar-refractivity contribution in [1.29, 1.82) is 0 Å². The Bertz CT molecular complexity index is 316. The van der Waals surface area contributed by atoms with Gasteiger partial charge in [-0.2, -0.15) is 0 Å². The summed E-state index contributed by atoms with van der Waals surface area (Å²) in [6.07, 6.45) is 0. The van der Waals surface area contributed by atoms with Crippen molar-refractivity contribution in [3.05, 3.63) is 34.6 Å².